The molecule has 0 saturated carbocycles. The maximum absolute atomic E-state index is 13.1. The zero-order valence-electron chi connectivity index (χ0n) is 32.9. The van der Waals surface area contributed by atoms with Crippen molar-refractivity contribution in [3.63, 3.8) is 0 Å². The fraction of sp³-hybridized carbons (Fsp3) is 0.625. The van der Waals surface area contributed by atoms with E-state index in [9.17, 15) is 29.4 Å². The maximum Gasteiger partial charge on any atom is 0.342 e. The standard InChI is InChI=1S/C40H56ClN5O11S/c1-25-21-32-31(57-32)10-5-4-9-26(22-27-36(39(51)56-25)29(47)23-30(48)37(27)41)46-55-16-8-2-3-12-34(49)42-14-17-53-19-20-54-18-15-43-35(50)13-7-6-11-33-38-28(24-58-33)44-40(52)45-38/h4-5,9-10,23,25,28,31-33,38,47-48H,2-3,6-8,11-22,24H2,1H3,(H,42,49)(H,43,50)(H2,44,45,52)/b9-4-,10-5+,46-26+/t25-,28+,31-,32+,33+,38+/m1/s1. The predicted molar refractivity (Wildman–Crippen MR) is 218 cm³/mol. The van der Waals surface area contributed by atoms with Crippen LogP contribution in [0, 0.1) is 0 Å². The number of urea groups is 1. The number of allylic oxidation sites excluding steroid dienone is 3. The van der Waals surface area contributed by atoms with Gasteiger partial charge in [0.2, 0.25) is 11.8 Å². The lowest BCUT2D eigenvalue weighted by molar-refractivity contribution is -0.122. The highest BCUT2D eigenvalue weighted by atomic mass is 35.5. The number of nitrogens with one attached hydrogen (secondary N) is 4. The summed E-state index contributed by atoms with van der Waals surface area (Å²) in [5.41, 5.74) is 0.390. The summed E-state index contributed by atoms with van der Waals surface area (Å²) >= 11 is 8.29. The molecule has 320 valence electrons. The number of ether oxygens (including phenoxy) is 4. The van der Waals surface area contributed by atoms with Gasteiger partial charge in [-0.1, -0.05) is 41.4 Å². The Morgan fingerprint density at radius 2 is 1.67 bits per heavy atom. The Bertz CT molecular complexity index is 1660. The number of rotatable bonds is 21. The van der Waals surface area contributed by atoms with Gasteiger partial charge in [-0.15, -0.1) is 0 Å². The molecule has 58 heavy (non-hydrogen) atoms. The number of hydrogen-bond acceptors (Lipinski definition) is 13. The van der Waals surface area contributed by atoms with Crippen LogP contribution < -0.4 is 21.3 Å². The van der Waals surface area contributed by atoms with E-state index >= 15 is 0 Å². The van der Waals surface area contributed by atoms with Crippen LogP contribution in [0.3, 0.4) is 0 Å². The molecule has 6 atom stereocenters. The lowest BCUT2D eigenvalue weighted by Crippen LogP contribution is -2.36. The van der Waals surface area contributed by atoms with Gasteiger partial charge in [0.25, 0.3) is 0 Å². The number of hydrogen-bond donors (Lipinski definition) is 6. The fourth-order valence-electron chi connectivity index (χ4n) is 6.91. The highest BCUT2D eigenvalue weighted by Crippen LogP contribution is 2.38. The van der Waals surface area contributed by atoms with Crippen LogP contribution in [0.4, 0.5) is 4.79 Å². The van der Waals surface area contributed by atoms with Crippen LogP contribution in [0.25, 0.3) is 0 Å². The van der Waals surface area contributed by atoms with Crippen LogP contribution in [-0.4, -0.2) is 127 Å². The molecule has 3 fully saturated rings. The smallest absolute Gasteiger partial charge is 0.342 e. The molecule has 0 spiro atoms. The number of benzene rings is 1. The summed E-state index contributed by atoms with van der Waals surface area (Å²) in [6.07, 6.45) is 12.6. The number of esters is 1. The number of fused-ring (bicyclic) bond motifs is 3. The number of carbonyl (C=O) groups excluding carboxylic acids is 4. The van der Waals surface area contributed by atoms with Gasteiger partial charge in [-0.05, 0) is 50.7 Å². The van der Waals surface area contributed by atoms with Gasteiger partial charge in [-0.2, -0.15) is 11.8 Å². The first-order valence-electron chi connectivity index (χ1n) is 20.1. The van der Waals surface area contributed by atoms with Gasteiger partial charge in [0, 0.05) is 55.8 Å². The quantitative estimate of drug-likeness (QED) is 0.0340. The number of carbonyl (C=O) groups is 4. The van der Waals surface area contributed by atoms with Crippen molar-refractivity contribution in [2.75, 3.05) is 51.9 Å². The van der Waals surface area contributed by atoms with Crippen molar-refractivity contribution in [2.24, 2.45) is 5.16 Å². The van der Waals surface area contributed by atoms with E-state index in [1.807, 2.05) is 23.9 Å². The molecule has 0 bridgehead atoms. The van der Waals surface area contributed by atoms with E-state index in [0.29, 0.717) is 82.6 Å². The number of nitrogens with zero attached hydrogens (tertiary/aromatic N) is 1. The van der Waals surface area contributed by atoms with E-state index in [1.165, 1.54) is 0 Å². The van der Waals surface area contributed by atoms with Crippen molar-refractivity contribution >= 4 is 52.9 Å². The third kappa shape index (κ3) is 14.7. The Morgan fingerprint density at radius 3 is 2.41 bits per heavy atom. The molecule has 0 radical (unpaired) electrons. The average molecular weight is 850 g/mol. The molecule has 5 rings (SSSR count). The number of amides is 4. The number of phenolic OH excluding ortho intramolecular Hbond substituents is 2. The van der Waals surface area contributed by atoms with Crippen molar-refractivity contribution in [3.8, 4) is 11.5 Å². The first kappa shape index (κ1) is 45.1. The highest BCUT2D eigenvalue weighted by molar-refractivity contribution is 8.00. The summed E-state index contributed by atoms with van der Waals surface area (Å²) in [6.45, 7) is 4.36. The first-order chi connectivity index (χ1) is 28.1. The van der Waals surface area contributed by atoms with Gasteiger partial charge in [0.05, 0.1) is 55.3 Å². The SMILES string of the molecule is C[C@@H]1C[C@@H]2O[C@@H]2/C=C/C=C\C(=N/OCCCCCC(=O)NCCOCCOCCNC(=O)CCCC[C@@H]2SC[C@@H]3NC(=O)N[C@@H]32)Cc2c(Cl)c(O)cc(O)c2C(=O)O1. The average Bonchev–Trinajstić information content (AvgIpc) is 3.64. The van der Waals surface area contributed by atoms with Crippen LogP contribution in [0.5, 0.6) is 11.5 Å². The van der Waals surface area contributed by atoms with Gasteiger partial charge >= 0.3 is 12.0 Å². The van der Waals surface area contributed by atoms with E-state index in [0.717, 1.165) is 37.5 Å². The molecule has 4 heterocycles. The molecule has 4 aliphatic rings. The van der Waals surface area contributed by atoms with Gasteiger partial charge in [-0.3, -0.25) is 9.59 Å². The Morgan fingerprint density at radius 1 is 0.948 bits per heavy atom. The second-order valence-corrected chi connectivity index (χ2v) is 16.3. The molecular weight excluding hydrogens is 794 g/mol. The largest absolute Gasteiger partial charge is 0.507 e. The van der Waals surface area contributed by atoms with Gasteiger partial charge in [0.15, 0.2) is 0 Å². The first-order valence-corrected chi connectivity index (χ1v) is 21.5. The van der Waals surface area contributed by atoms with Crippen LogP contribution >= 0.6 is 23.4 Å². The summed E-state index contributed by atoms with van der Waals surface area (Å²) in [7, 11) is 0. The number of unbranched alkanes of at least 4 members (excludes halogenated alkanes) is 3. The van der Waals surface area contributed by atoms with Crippen LogP contribution in [0.2, 0.25) is 5.02 Å². The van der Waals surface area contributed by atoms with Gasteiger partial charge < -0.3 is 55.3 Å². The number of thioether (sulfide) groups is 1. The Hall–Kier alpha value is -4.03. The molecule has 1 aromatic rings. The molecule has 1 aromatic carbocycles. The molecule has 0 unspecified atom stereocenters. The Kier molecular flexibility index (Phi) is 18.3. The minimum absolute atomic E-state index is 0.00701. The minimum Gasteiger partial charge on any atom is -0.507 e. The highest BCUT2D eigenvalue weighted by Gasteiger charge is 2.42. The molecule has 3 saturated heterocycles. The maximum atomic E-state index is 13.1. The van der Waals surface area contributed by atoms with E-state index < -0.39 is 17.8 Å². The predicted octanol–water partition coefficient (Wildman–Crippen LogP) is 4.05. The third-order valence-electron chi connectivity index (χ3n) is 9.99. The summed E-state index contributed by atoms with van der Waals surface area (Å²) in [6, 6.07) is 1.35. The summed E-state index contributed by atoms with van der Waals surface area (Å²) in [5, 5.41) is 37.1. The van der Waals surface area contributed by atoms with E-state index in [4.69, 9.17) is 35.4 Å². The number of phenols is 2. The second kappa shape index (κ2) is 23.5. The zero-order valence-corrected chi connectivity index (χ0v) is 34.5. The number of cyclic esters (lactones) is 1. The number of aromatic hydroxyl groups is 2. The number of halogens is 1. The van der Waals surface area contributed by atoms with Gasteiger partial charge in [-0.25, -0.2) is 9.59 Å². The molecule has 16 nitrogen and oxygen atoms in total. The Labute approximate surface area is 348 Å². The summed E-state index contributed by atoms with van der Waals surface area (Å²) < 4.78 is 22.3. The normalized spacial score (nSPS) is 25.6. The fourth-order valence-corrected chi connectivity index (χ4v) is 8.67. The summed E-state index contributed by atoms with van der Waals surface area (Å²) in [4.78, 5) is 54.5. The van der Waals surface area contributed by atoms with Crippen molar-refractivity contribution in [1.29, 1.82) is 0 Å². The van der Waals surface area contributed by atoms with E-state index in [-0.39, 0.29) is 77.1 Å². The lowest BCUT2D eigenvalue weighted by atomic mass is 9.99. The van der Waals surface area contributed by atoms with Crippen molar-refractivity contribution < 1.29 is 53.2 Å². The van der Waals surface area contributed by atoms with Crippen molar-refractivity contribution in [3.05, 3.63) is 46.5 Å². The van der Waals surface area contributed by atoms with Crippen LogP contribution in [0.15, 0.2) is 35.5 Å². The zero-order chi connectivity index (χ0) is 41.3. The van der Waals surface area contributed by atoms with Crippen LogP contribution in [-0.2, 0) is 39.8 Å². The summed E-state index contributed by atoms with van der Waals surface area (Å²) in [5.74, 6) is -0.741. The molecule has 6 N–H and O–H groups in total. The topological polar surface area (TPSA) is 219 Å². The van der Waals surface area contributed by atoms with E-state index in [2.05, 4.69) is 26.4 Å². The second-order valence-electron chi connectivity index (χ2n) is 14.6. The van der Waals surface area contributed by atoms with Crippen LogP contribution in [0.1, 0.15) is 80.6 Å². The lowest BCUT2D eigenvalue weighted by Gasteiger charge is -2.17. The monoisotopic (exact) mass is 849 g/mol. The molecule has 18 heteroatoms. The minimum atomic E-state index is -0.774. The van der Waals surface area contributed by atoms with Crippen molar-refractivity contribution in [2.45, 2.75) is 107 Å². The molecule has 0 aromatic heterocycles. The van der Waals surface area contributed by atoms with Gasteiger partial charge in [0.1, 0.15) is 35.9 Å². The third-order valence-corrected chi connectivity index (χ3v) is 11.9. The number of epoxide rings is 1. The molecule has 4 aliphatic heterocycles. The molecule has 4 amide bonds. The van der Waals surface area contributed by atoms with E-state index in [1.54, 1.807) is 19.1 Å². The number of oxime groups is 1. The Balaban J connectivity index is 0.874. The van der Waals surface area contributed by atoms with Crippen molar-refractivity contribution in [1.82, 2.24) is 21.3 Å². The molecular formula is C40H56ClN5O11S. The molecule has 0 aliphatic carbocycles.